The molecule has 2 N–H and O–H groups in total. The van der Waals surface area contributed by atoms with E-state index in [4.69, 9.17) is 21.1 Å². The molecule has 2 aromatic rings. The Morgan fingerprint density at radius 3 is 2.37 bits per heavy atom. The molecule has 0 spiro atoms. The van der Waals surface area contributed by atoms with Crippen LogP contribution in [0.15, 0.2) is 36.4 Å². The summed E-state index contributed by atoms with van der Waals surface area (Å²) in [5.41, 5.74) is 0.190. The summed E-state index contributed by atoms with van der Waals surface area (Å²) in [6, 6.07) is 8.13. The van der Waals surface area contributed by atoms with Gasteiger partial charge in [0.1, 0.15) is 0 Å². The fourth-order valence-electron chi connectivity index (χ4n) is 2.26. The Morgan fingerprint density at radius 1 is 1.07 bits per heavy atom. The Balaban J connectivity index is 1.90. The second-order valence-electron chi connectivity index (χ2n) is 5.51. The second-order valence-corrected chi connectivity index (χ2v) is 5.92. The van der Waals surface area contributed by atoms with E-state index in [1.807, 2.05) is 0 Å². The highest BCUT2D eigenvalue weighted by atomic mass is 35.5. The minimum atomic E-state index is -4.47. The van der Waals surface area contributed by atoms with Crippen LogP contribution in [0.3, 0.4) is 0 Å². The summed E-state index contributed by atoms with van der Waals surface area (Å²) in [7, 11) is 3.04. The molecule has 0 aliphatic rings. The van der Waals surface area contributed by atoms with Crippen molar-refractivity contribution in [2.24, 2.45) is 0 Å². The highest BCUT2D eigenvalue weighted by Gasteiger charge is 2.30. The van der Waals surface area contributed by atoms with Gasteiger partial charge in [0, 0.05) is 6.54 Å². The molecule has 0 aliphatic carbocycles. The predicted molar refractivity (Wildman–Crippen MR) is 96.3 cm³/mol. The van der Waals surface area contributed by atoms with E-state index < -0.39 is 11.7 Å². The standard InChI is InChI=1S/C18H18ClF3N2O3/c1-26-15-6-3-11(7-16(15)27-2)9-24-17(25)10-23-14-5-4-12(8-13(14)19)18(20,21)22/h3-8,23H,9-10H2,1-2H3,(H,24,25). The number of halogens is 4. The molecule has 5 nitrogen and oxygen atoms in total. The number of carbonyl (C=O) groups excluding carboxylic acids is 1. The first-order valence-electron chi connectivity index (χ1n) is 7.83. The van der Waals surface area contributed by atoms with E-state index in [-0.39, 0.29) is 29.7 Å². The fraction of sp³-hybridized carbons (Fsp3) is 0.278. The third-order valence-electron chi connectivity index (χ3n) is 3.67. The van der Waals surface area contributed by atoms with E-state index in [2.05, 4.69) is 10.6 Å². The highest BCUT2D eigenvalue weighted by molar-refractivity contribution is 6.33. The number of methoxy groups -OCH3 is 2. The SMILES string of the molecule is COc1ccc(CNC(=O)CNc2ccc(C(F)(F)F)cc2Cl)cc1OC. The lowest BCUT2D eigenvalue weighted by atomic mass is 10.2. The van der Waals surface area contributed by atoms with Gasteiger partial charge in [-0.1, -0.05) is 17.7 Å². The number of alkyl halides is 3. The van der Waals surface area contributed by atoms with Gasteiger partial charge >= 0.3 is 6.18 Å². The monoisotopic (exact) mass is 402 g/mol. The van der Waals surface area contributed by atoms with Crippen LogP contribution >= 0.6 is 11.6 Å². The van der Waals surface area contributed by atoms with Crippen molar-refractivity contribution in [3.05, 3.63) is 52.5 Å². The molecule has 0 unspecified atom stereocenters. The van der Waals surface area contributed by atoms with E-state index in [9.17, 15) is 18.0 Å². The van der Waals surface area contributed by atoms with Crippen LogP contribution in [0.4, 0.5) is 18.9 Å². The number of hydrogen-bond donors (Lipinski definition) is 2. The summed E-state index contributed by atoms with van der Waals surface area (Å²) in [6.45, 7) is 0.111. The lowest BCUT2D eigenvalue weighted by Crippen LogP contribution is -2.29. The Morgan fingerprint density at radius 2 is 1.78 bits per heavy atom. The number of benzene rings is 2. The zero-order valence-corrected chi connectivity index (χ0v) is 15.4. The van der Waals surface area contributed by atoms with E-state index in [0.717, 1.165) is 17.7 Å². The summed E-state index contributed by atoms with van der Waals surface area (Å²) in [4.78, 5) is 12.0. The van der Waals surface area contributed by atoms with Crippen LogP contribution in [0.25, 0.3) is 0 Å². The molecule has 2 aromatic carbocycles. The van der Waals surface area contributed by atoms with Crippen molar-refractivity contribution in [3.63, 3.8) is 0 Å². The van der Waals surface area contributed by atoms with Crippen LogP contribution in [0.2, 0.25) is 5.02 Å². The van der Waals surface area contributed by atoms with Gasteiger partial charge in [0.25, 0.3) is 0 Å². The molecule has 0 bridgehead atoms. The van der Waals surface area contributed by atoms with Gasteiger partial charge in [-0.25, -0.2) is 0 Å². The summed E-state index contributed by atoms with van der Waals surface area (Å²) in [6.07, 6.45) is -4.47. The van der Waals surface area contributed by atoms with Crippen molar-refractivity contribution in [2.75, 3.05) is 26.1 Å². The first-order chi connectivity index (χ1) is 12.7. The first kappa shape index (κ1) is 20.7. The molecule has 2 rings (SSSR count). The van der Waals surface area contributed by atoms with Crippen LogP contribution in [-0.4, -0.2) is 26.7 Å². The predicted octanol–water partition coefficient (Wildman–Crippen LogP) is 4.10. The molecule has 0 atom stereocenters. The number of amides is 1. The molecule has 0 aliphatic heterocycles. The van der Waals surface area contributed by atoms with Gasteiger partial charge in [-0.3, -0.25) is 4.79 Å². The molecule has 0 saturated heterocycles. The minimum Gasteiger partial charge on any atom is -0.493 e. The zero-order valence-electron chi connectivity index (χ0n) is 14.6. The minimum absolute atomic E-state index is 0.113. The number of rotatable bonds is 7. The summed E-state index contributed by atoms with van der Waals surface area (Å²) in [5, 5.41) is 5.29. The van der Waals surface area contributed by atoms with Crippen molar-refractivity contribution in [1.82, 2.24) is 5.32 Å². The van der Waals surface area contributed by atoms with Gasteiger partial charge in [-0.15, -0.1) is 0 Å². The zero-order chi connectivity index (χ0) is 20.0. The fourth-order valence-corrected chi connectivity index (χ4v) is 2.51. The van der Waals surface area contributed by atoms with Crippen LogP contribution in [0.5, 0.6) is 11.5 Å². The molecule has 0 saturated carbocycles. The Labute approximate surface area is 159 Å². The summed E-state index contributed by atoms with van der Waals surface area (Å²) < 4.78 is 48.2. The maximum absolute atomic E-state index is 12.6. The van der Waals surface area contributed by atoms with Crippen molar-refractivity contribution in [3.8, 4) is 11.5 Å². The number of carbonyl (C=O) groups is 1. The van der Waals surface area contributed by atoms with E-state index in [0.29, 0.717) is 11.5 Å². The average Bonchev–Trinajstić information content (AvgIpc) is 2.64. The lowest BCUT2D eigenvalue weighted by molar-refractivity contribution is -0.137. The van der Waals surface area contributed by atoms with Crippen LogP contribution in [0, 0.1) is 0 Å². The highest BCUT2D eigenvalue weighted by Crippen LogP contribution is 2.33. The van der Waals surface area contributed by atoms with Crippen molar-refractivity contribution in [1.29, 1.82) is 0 Å². The Kier molecular flexibility index (Phi) is 6.79. The molecular formula is C18H18ClF3N2O3. The van der Waals surface area contributed by atoms with E-state index in [1.165, 1.54) is 20.3 Å². The van der Waals surface area contributed by atoms with Crippen LogP contribution < -0.4 is 20.1 Å². The van der Waals surface area contributed by atoms with Gasteiger partial charge in [-0.2, -0.15) is 13.2 Å². The van der Waals surface area contributed by atoms with Crippen molar-refractivity contribution >= 4 is 23.2 Å². The molecule has 9 heteroatoms. The Bertz CT molecular complexity index is 813. The topological polar surface area (TPSA) is 59.6 Å². The molecule has 0 aromatic heterocycles. The maximum Gasteiger partial charge on any atom is 0.416 e. The third-order valence-corrected chi connectivity index (χ3v) is 3.99. The smallest absolute Gasteiger partial charge is 0.416 e. The third kappa shape index (κ3) is 5.68. The van der Waals surface area contributed by atoms with Gasteiger partial charge in [0.2, 0.25) is 5.91 Å². The van der Waals surface area contributed by atoms with Gasteiger partial charge in [0.15, 0.2) is 11.5 Å². The van der Waals surface area contributed by atoms with Crippen molar-refractivity contribution in [2.45, 2.75) is 12.7 Å². The van der Waals surface area contributed by atoms with Gasteiger partial charge in [-0.05, 0) is 35.9 Å². The second kappa shape index (κ2) is 8.85. The molecule has 1 amide bonds. The quantitative estimate of drug-likeness (QED) is 0.732. The maximum atomic E-state index is 12.6. The average molecular weight is 403 g/mol. The van der Waals surface area contributed by atoms with E-state index in [1.54, 1.807) is 18.2 Å². The normalized spacial score (nSPS) is 11.0. The number of hydrogen-bond acceptors (Lipinski definition) is 4. The number of anilines is 1. The lowest BCUT2D eigenvalue weighted by Gasteiger charge is -2.12. The number of nitrogens with one attached hydrogen (secondary N) is 2. The number of ether oxygens (including phenoxy) is 2. The molecule has 146 valence electrons. The first-order valence-corrected chi connectivity index (χ1v) is 8.20. The molecule has 0 heterocycles. The molecular weight excluding hydrogens is 385 g/mol. The van der Waals surface area contributed by atoms with Crippen LogP contribution in [-0.2, 0) is 17.5 Å². The molecule has 27 heavy (non-hydrogen) atoms. The van der Waals surface area contributed by atoms with Crippen LogP contribution in [0.1, 0.15) is 11.1 Å². The summed E-state index contributed by atoms with van der Waals surface area (Å²) >= 11 is 5.83. The summed E-state index contributed by atoms with van der Waals surface area (Å²) in [5.74, 6) is 0.769. The Hall–Kier alpha value is -2.61. The molecule has 0 fully saturated rings. The molecule has 0 radical (unpaired) electrons. The van der Waals surface area contributed by atoms with Gasteiger partial charge in [0.05, 0.1) is 37.0 Å². The van der Waals surface area contributed by atoms with Crippen molar-refractivity contribution < 1.29 is 27.4 Å². The van der Waals surface area contributed by atoms with E-state index >= 15 is 0 Å². The largest absolute Gasteiger partial charge is 0.493 e. The van der Waals surface area contributed by atoms with Gasteiger partial charge < -0.3 is 20.1 Å².